The Kier molecular flexibility index (Phi) is 5.66. The maximum absolute atomic E-state index is 12.0. The Hall–Kier alpha value is -2.99. The lowest BCUT2D eigenvalue weighted by molar-refractivity contribution is -0.138. The van der Waals surface area contributed by atoms with Crippen LogP contribution in [0, 0.1) is 0 Å². The molecule has 0 radical (unpaired) electrons. The van der Waals surface area contributed by atoms with Crippen LogP contribution in [0.3, 0.4) is 0 Å². The zero-order valence-corrected chi connectivity index (χ0v) is 15.5. The van der Waals surface area contributed by atoms with E-state index in [0.29, 0.717) is 39.0 Å². The number of methoxy groups -OCH3 is 1. The van der Waals surface area contributed by atoms with E-state index in [1.165, 1.54) is 20.1 Å². The highest BCUT2D eigenvalue weighted by molar-refractivity contribution is 6.32. The van der Waals surface area contributed by atoms with E-state index in [9.17, 15) is 9.59 Å². The number of carbonyl (C=O) groups is 2. The number of carbonyl (C=O) groups excluding carboxylic acids is 2. The predicted molar refractivity (Wildman–Crippen MR) is 99.4 cm³/mol. The third kappa shape index (κ3) is 4.41. The van der Waals surface area contributed by atoms with Crippen LogP contribution in [0.25, 0.3) is 6.08 Å². The molecule has 0 saturated heterocycles. The van der Waals surface area contributed by atoms with Crippen LogP contribution in [0.5, 0.6) is 17.2 Å². The van der Waals surface area contributed by atoms with Crippen molar-refractivity contribution in [3.8, 4) is 17.2 Å². The van der Waals surface area contributed by atoms with Gasteiger partial charge >= 0.3 is 5.97 Å². The minimum atomic E-state index is -0.543. The van der Waals surface area contributed by atoms with Crippen LogP contribution in [-0.4, -0.2) is 25.7 Å². The molecule has 0 saturated carbocycles. The molecule has 0 spiro atoms. The molecule has 1 aliphatic heterocycles. The van der Waals surface area contributed by atoms with E-state index in [-0.39, 0.29) is 19.2 Å². The molecule has 1 heterocycles. The number of fused-ring (bicyclic) bond motifs is 1. The van der Waals surface area contributed by atoms with Gasteiger partial charge in [-0.2, -0.15) is 0 Å². The van der Waals surface area contributed by atoms with Gasteiger partial charge in [-0.1, -0.05) is 11.6 Å². The highest BCUT2D eigenvalue weighted by atomic mass is 35.5. The number of esters is 1. The van der Waals surface area contributed by atoms with Crippen molar-refractivity contribution in [2.24, 2.45) is 0 Å². The molecule has 7 heteroatoms. The van der Waals surface area contributed by atoms with Gasteiger partial charge in [0.1, 0.15) is 12.4 Å². The third-order valence-electron chi connectivity index (χ3n) is 3.92. The summed E-state index contributed by atoms with van der Waals surface area (Å²) in [4.78, 5) is 23.5. The summed E-state index contributed by atoms with van der Waals surface area (Å²) in [7, 11) is 1.51. The lowest BCUT2D eigenvalue weighted by atomic mass is 10.1. The summed E-state index contributed by atoms with van der Waals surface area (Å²) in [5.41, 5.74) is 1.81. The number of ketones is 1. The van der Waals surface area contributed by atoms with Crippen molar-refractivity contribution in [2.45, 2.75) is 13.5 Å². The summed E-state index contributed by atoms with van der Waals surface area (Å²) in [5, 5.41) is 0.406. The smallest absolute Gasteiger partial charge is 0.331 e. The second-order valence-corrected chi connectivity index (χ2v) is 6.17. The van der Waals surface area contributed by atoms with E-state index in [4.69, 9.17) is 30.5 Å². The molecule has 1 aliphatic rings. The first-order chi connectivity index (χ1) is 13.0. The number of rotatable bonds is 6. The standard InChI is InChI=1S/C20H17ClO6/c1-12(22)14-4-5-17(24-2)15(9-14)10-25-19(23)6-3-13-7-16(21)20-18(8-13)26-11-27-20/h3-9H,10-11H2,1-2H3/b6-3+. The van der Waals surface area contributed by atoms with E-state index in [1.807, 2.05) is 0 Å². The Morgan fingerprint density at radius 3 is 2.78 bits per heavy atom. The van der Waals surface area contributed by atoms with Gasteiger partial charge in [-0.05, 0) is 48.9 Å². The lowest BCUT2D eigenvalue weighted by Crippen LogP contribution is -2.04. The summed E-state index contributed by atoms with van der Waals surface area (Å²) in [6, 6.07) is 8.37. The quantitative estimate of drug-likeness (QED) is 0.422. The number of hydrogen-bond acceptors (Lipinski definition) is 6. The summed E-state index contributed by atoms with van der Waals surface area (Å²) < 4.78 is 21.0. The molecule has 0 amide bonds. The molecule has 140 valence electrons. The molecule has 0 unspecified atom stereocenters. The molecule has 0 N–H and O–H groups in total. The van der Waals surface area contributed by atoms with Gasteiger partial charge in [0.05, 0.1) is 12.1 Å². The molecule has 6 nitrogen and oxygen atoms in total. The van der Waals surface area contributed by atoms with Crippen molar-refractivity contribution in [1.82, 2.24) is 0 Å². The minimum absolute atomic E-state index is 0.0185. The lowest BCUT2D eigenvalue weighted by Gasteiger charge is -2.09. The molecule has 0 aliphatic carbocycles. The second-order valence-electron chi connectivity index (χ2n) is 5.76. The fraction of sp³-hybridized carbons (Fsp3) is 0.200. The number of Topliss-reactive ketones (excluding diaryl/α,β-unsaturated/α-hetero) is 1. The van der Waals surface area contributed by atoms with Crippen LogP contribution < -0.4 is 14.2 Å². The van der Waals surface area contributed by atoms with E-state index in [0.717, 1.165) is 0 Å². The average Bonchev–Trinajstić information content (AvgIpc) is 3.13. The Bertz CT molecular complexity index is 919. The summed E-state index contributed by atoms with van der Waals surface area (Å²) in [6.07, 6.45) is 2.86. The fourth-order valence-electron chi connectivity index (χ4n) is 2.56. The predicted octanol–water partition coefficient (Wildman–Crippen LogP) is 4.04. The summed E-state index contributed by atoms with van der Waals surface area (Å²) >= 11 is 6.11. The fourth-order valence-corrected chi connectivity index (χ4v) is 2.83. The van der Waals surface area contributed by atoms with Crippen LogP contribution in [0.1, 0.15) is 28.4 Å². The Morgan fingerprint density at radius 1 is 1.22 bits per heavy atom. The summed E-state index contributed by atoms with van der Waals surface area (Å²) in [6.45, 7) is 1.57. The van der Waals surface area contributed by atoms with Crippen molar-refractivity contribution in [1.29, 1.82) is 0 Å². The Labute approximate surface area is 161 Å². The van der Waals surface area contributed by atoms with Crippen LogP contribution in [0.2, 0.25) is 5.02 Å². The number of ether oxygens (including phenoxy) is 4. The first-order valence-electron chi connectivity index (χ1n) is 8.09. The third-order valence-corrected chi connectivity index (χ3v) is 4.20. The number of halogens is 1. The highest BCUT2D eigenvalue weighted by Crippen LogP contribution is 2.40. The maximum Gasteiger partial charge on any atom is 0.331 e. The van der Waals surface area contributed by atoms with Crippen LogP contribution in [0.4, 0.5) is 0 Å². The first-order valence-corrected chi connectivity index (χ1v) is 8.47. The highest BCUT2D eigenvalue weighted by Gasteiger charge is 2.17. The Morgan fingerprint density at radius 2 is 2.04 bits per heavy atom. The zero-order valence-electron chi connectivity index (χ0n) is 14.8. The topological polar surface area (TPSA) is 71.1 Å². The van der Waals surface area contributed by atoms with Gasteiger partial charge in [0, 0.05) is 17.2 Å². The van der Waals surface area contributed by atoms with Gasteiger partial charge in [-0.15, -0.1) is 0 Å². The van der Waals surface area contributed by atoms with E-state index in [1.54, 1.807) is 36.4 Å². The minimum Gasteiger partial charge on any atom is -0.496 e. The SMILES string of the molecule is COc1ccc(C(C)=O)cc1COC(=O)/C=C/c1cc(Cl)c2c(c1)OCO2. The van der Waals surface area contributed by atoms with Gasteiger partial charge in [-0.25, -0.2) is 4.79 Å². The van der Waals surface area contributed by atoms with Gasteiger partial charge in [0.25, 0.3) is 0 Å². The van der Waals surface area contributed by atoms with Crippen LogP contribution in [-0.2, 0) is 16.1 Å². The van der Waals surface area contributed by atoms with E-state index < -0.39 is 5.97 Å². The largest absolute Gasteiger partial charge is 0.496 e. The molecule has 0 bridgehead atoms. The average molecular weight is 389 g/mol. The maximum atomic E-state index is 12.0. The molecular weight excluding hydrogens is 372 g/mol. The number of hydrogen-bond donors (Lipinski definition) is 0. The molecule has 3 rings (SSSR count). The Balaban J connectivity index is 1.67. The molecular formula is C20H17ClO6. The normalized spacial score (nSPS) is 12.3. The van der Waals surface area contributed by atoms with Gasteiger partial charge < -0.3 is 18.9 Å². The van der Waals surface area contributed by atoms with Crippen molar-refractivity contribution >= 4 is 29.4 Å². The molecule has 0 aromatic heterocycles. The molecule has 0 fully saturated rings. The van der Waals surface area contributed by atoms with Crippen molar-refractivity contribution in [2.75, 3.05) is 13.9 Å². The summed E-state index contributed by atoms with van der Waals surface area (Å²) in [5.74, 6) is 0.943. The molecule has 2 aromatic rings. The van der Waals surface area contributed by atoms with Gasteiger partial charge in [-0.3, -0.25) is 4.79 Å². The van der Waals surface area contributed by atoms with Crippen LogP contribution in [0.15, 0.2) is 36.4 Å². The van der Waals surface area contributed by atoms with Crippen molar-refractivity contribution in [3.63, 3.8) is 0 Å². The van der Waals surface area contributed by atoms with Crippen LogP contribution >= 0.6 is 11.6 Å². The van der Waals surface area contributed by atoms with Gasteiger partial charge in [0.15, 0.2) is 17.3 Å². The zero-order chi connectivity index (χ0) is 19.4. The van der Waals surface area contributed by atoms with Crippen molar-refractivity contribution in [3.05, 3.63) is 58.1 Å². The molecule has 27 heavy (non-hydrogen) atoms. The van der Waals surface area contributed by atoms with Gasteiger partial charge in [0.2, 0.25) is 6.79 Å². The van der Waals surface area contributed by atoms with Crippen molar-refractivity contribution < 1.29 is 28.5 Å². The first kappa shape index (κ1) is 18.8. The van der Waals surface area contributed by atoms with E-state index >= 15 is 0 Å². The monoisotopic (exact) mass is 388 g/mol. The number of benzene rings is 2. The molecule has 2 aromatic carbocycles. The second kappa shape index (κ2) is 8.14. The molecule has 0 atom stereocenters. The van der Waals surface area contributed by atoms with E-state index in [2.05, 4.69) is 0 Å².